The third-order valence-electron chi connectivity index (χ3n) is 4.73. The third kappa shape index (κ3) is 12.2. The van der Waals surface area contributed by atoms with Crippen LogP contribution in [0.3, 0.4) is 0 Å². The molecule has 3 nitrogen and oxygen atoms in total. The first-order valence-corrected chi connectivity index (χ1v) is 11.2. The van der Waals surface area contributed by atoms with Gasteiger partial charge in [-0.15, -0.1) is 6.58 Å². The van der Waals surface area contributed by atoms with Gasteiger partial charge in [-0.2, -0.15) is 0 Å². The van der Waals surface area contributed by atoms with Crippen LogP contribution in [0, 0.1) is 0 Å². The Morgan fingerprint density at radius 1 is 0.897 bits per heavy atom. The van der Waals surface area contributed by atoms with E-state index in [9.17, 15) is 4.79 Å². The Labute approximate surface area is 179 Å². The van der Waals surface area contributed by atoms with Crippen molar-refractivity contribution in [2.45, 2.75) is 84.5 Å². The van der Waals surface area contributed by atoms with Crippen LogP contribution in [0.15, 0.2) is 43.0 Å². The minimum absolute atomic E-state index is 0.321. The summed E-state index contributed by atoms with van der Waals surface area (Å²) in [6.45, 7) is 7.75. The van der Waals surface area contributed by atoms with Crippen molar-refractivity contribution >= 4 is 5.97 Å². The monoisotopic (exact) mass is 402 g/mol. The highest BCUT2D eigenvalue weighted by molar-refractivity contribution is 5.94. The van der Waals surface area contributed by atoms with Crippen molar-refractivity contribution in [3.8, 4) is 5.75 Å². The topological polar surface area (TPSA) is 35.5 Å². The average molecular weight is 403 g/mol. The molecule has 0 saturated carbocycles. The van der Waals surface area contributed by atoms with Crippen LogP contribution in [0.25, 0.3) is 0 Å². The fourth-order valence-corrected chi connectivity index (χ4v) is 3.18. The molecule has 3 heteroatoms. The largest absolute Gasteiger partial charge is 0.496 e. The number of allylic oxidation sites excluding steroid dienone is 3. The van der Waals surface area contributed by atoms with E-state index in [1.165, 1.54) is 58.5 Å². The number of methoxy groups -OCH3 is 2. The van der Waals surface area contributed by atoms with Crippen molar-refractivity contribution in [1.82, 2.24) is 0 Å². The lowest BCUT2D eigenvalue weighted by atomic mass is 9.99. The summed E-state index contributed by atoms with van der Waals surface area (Å²) < 4.78 is 10.2. The van der Waals surface area contributed by atoms with Gasteiger partial charge in [0.15, 0.2) is 0 Å². The Morgan fingerprint density at radius 2 is 1.48 bits per heavy atom. The summed E-state index contributed by atoms with van der Waals surface area (Å²) in [4.78, 5) is 12.0. The molecule has 0 aliphatic carbocycles. The summed E-state index contributed by atoms with van der Waals surface area (Å²) in [6, 6.07) is 5.74. The number of ether oxygens (including phenoxy) is 2. The number of aryl methyl sites for hydroxylation is 1. The lowest BCUT2D eigenvalue weighted by molar-refractivity contribution is 0.0595. The number of unbranched alkanes of at least 4 members (excludes halogenated alkanes) is 8. The van der Waals surface area contributed by atoms with Gasteiger partial charge < -0.3 is 9.47 Å². The van der Waals surface area contributed by atoms with Crippen LogP contribution in [0.4, 0.5) is 0 Å². The van der Waals surface area contributed by atoms with Crippen molar-refractivity contribution in [3.63, 3.8) is 0 Å². The normalized spacial score (nSPS) is 10.3. The van der Waals surface area contributed by atoms with E-state index in [1.807, 2.05) is 38.1 Å². The second kappa shape index (κ2) is 19.3. The Bertz CT molecular complexity index is 575. The number of carbonyl (C=O) groups excluding carboxylic acids is 1. The van der Waals surface area contributed by atoms with Gasteiger partial charge in [-0.3, -0.25) is 0 Å². The van der Waals surface area contributed by atoms with Crippen LogP contribution in [0.5, 0.6) is 5.75 Å². The Balaban J connectivity index is 0.00000379. The summed E-state index contributed by atoms with van der Waals surface area (Å²) in [5, 5.41) is 0. The maximum atomic E-state index is 12.0. The SMILES string of the molecule is C=CCCCC/C=C\CCCCCCCc1cccc(OC)c1C(=O)OC.CC. The zero-order valence-corrected chi connectivity index (χ0v) is 19.2. The van der Waals surface area contributed by atoms with Crippen molar-refractivity contribution in [2.24, 2.45) is 0 Å². The minimum Gasteiger partial charge on any atom is -0.496 e. The zero-order valence-electron chi connectivity index (χ0n) is 19.2. The molecule has 1 aromatic rings. The van der Waals surface area contributed by atoms with E-state index in [0.717, 1.165) is 24.8 Å². The number of hydrogen-bond donors (Lipinski definition) is 0. The van der Waals surface area contributed by atoms with Gasteiger partial charge in [0.2, 0.25) is 0 Å². The number of esters is 1. The van der Waals surface area contributed by atoms with Crippen LogP contribution < -0.4 is 4.74 Å². The molecule has 0 spiro atoms. The van der Waals surface area contributed by atoms with E-state index in [0.29, 0.717) is 11.3 Å². The quantitative estimate of drug-likeness (QED) is 0.171. The van der Waals surface area contributed by atoms with Crippen LogP contribution in [0.2, 0.25) is 0 Å². The molecule has 1 rings (SSSR count). The summed E-state index contributed by atoms with van der Waals surface area (Å²) in [6.07, 6.45) is 19.6. The van der Waals surface area contributed by atoms with Crippen molar-refractivity contribution in [2.75, 3.05) is 14.2 Å². The molecule has 29 heavy (non-hydrogen) atoms. The molecule has 0 unspecified atom stereocenters. The Kier molecular flexibility index (Phi) is 17.9. The summed E-state index contributed by atoms with van der Waals surface area (Å²) >= 11 is 0. The molecule has 1 aromatic carbocycles. The highest BCUT2D eigenvalue weighted by atomic mass is 16.5. The molecular weight excluding hydrogens is 360 g/mol. The third-order valence-corrected chi connectivity index (χ3v) is 4.73. The van der Waals surface area contributed by atoms with E-state index in [2.05, 4.69) is 18.7 Å². The highest BCUT2D eigenvalue weighted by Gasteiger charge is 2.17. The Hall–Kier alpha value is -2.03. The molecule has 0 saturated heterocycles. The van der Waals surface area contributed by atoms with Crippen molar-refractivity contribution in [1.29, 1.82) is 0 Å². The van der Waals surface area contributed by atoms with Gasteiger partial charge in [-0.1, -0.05) is 63.5 Å². The smallest absolute Gasteiger partial charge is 0.341 e. The minimum atomic E-state index is -0.321. The first kappa shape index (κ1) is 27.0. The molecule has 0 radical (unpaired) electrons. The molecule has 0 heterocycles. The van der Waals surface area contributed by atoms with E-state index < -0.39 is 0 Å². The maximum absolute atomic E-state index is 12.0. The fraction of sp³-hybridized carbons (Fsp3) is 0.577. The van der Waals surface area contributed by atoms with E-state index in [-0.39, 0.29) is 5.97 Å². The molecule has 0 aliphatic rings. The predicted molar refractivity (Wildman–Crippen MR) is 125 cm³/mol. The van der Waals surface area contributed by atoms with Crippen LogP contribution in [-0.2, 0) is 11.2 Å². The van der Waals surface area contributed by atoms with Gasteiger partial charge in [0.1, 0.15) is 11.3 Å². The van der Waals surface area contributed by atoms with Crippen LogP contribution in [0.1, 0.15) is 94.0 Å². The fourth-order valence-electron chi connectivity index (χ4n) is 3.18. The van der Waals surface area contributed by atoms with Gasteiger partial charge in [0, 0.05) is 0 Å². The molecule has 0 N–H and O–H groups in total. The lowest BCUT2D eigenvalue weighted by Gasteiger charge is -2.12. The molecule has 164 valence electrons. The number of rotatable bonds is 15. The van der Waals surface area contributed by atoms with Gasteiger partial charge in [0.25, 0.3) is 0 Å². The number of carbonyl (C=O) groups is 1. The Morgan fingerprint density at radius 3 is 2.10 bits per heavy atom. The second-order valence-corrected chi connectivity index (χ2v) is 6.84. The van der Waals surface area contributed by atoms with Gasteiger partial charge in [-0.05, 0) is 63.0 Å². The van der Waals surface area contributed by atoms with E-state index >= 15 is 0 Å². The average Bonchev–Trinajstić information content (AvgIpc) is 2.77. The first-order valence-electron chi connectivity index (χ1n) is 11.2. The molecule has 0 aromatic heterocycles. The standard InChI is InChI=1S/C24H36O3.C2H6/c1-4-5-6-7-8-9-10-11-12-13-14-15-16-18-21-19-17-20-22(26-2)23(21)24(25)27-3;1-2/h4,9-10,17,19-20H,1,5-8,11-16,18H2,2-3H3;1-2H3/b10-9-;. The van der Waals surface area contributed by atoms with Gasteiger partial charge in [0.05, 0.1) is 14.2 Å². The molecule has 0 fully saturated rings. The predicted octanol–water partition coefficient (Wildman–Crippen LogP) is 7.69. The molecule has 0 aliphatic heterocycles. The zero-order chi connectivity index (χ0) is 21.7. The molecule has 0 bridgehead atoms. The van der Waals surface area contributed by atoms with Gasteiger partial charge >= 0.3 is 5.97 Å². The summed E-state index contributed by atoms with van der Waals surface area (Å²) in [7, 11) is 3.00. The number of hydrogen-bond acceptors (Lipinski definition) is 3. The molecule has 0 amide bonds. The molecular formula is C26H42O3. The van der Waals surface area contributed by atoms with Gasteiger partial charge in [-0.25, -0.2) is 4.79 Å². The van der Waals surface area contributed by atoms with Crippen LogP contribution >= 0.6 is 0 Å². The van der Waals surface area contributed by atoms with Crippen LogP contribution in [-0.4, -0.2) is 20.2 Å². The first-order chi connectivity index (χ1) is 14.2. The maximum Gasteiger partial charge on any atom is 0.341 e. The summed E-state index contributed by atoms with van der Waals surface area (Å²) in [5.74, 6) is 0.273. The second-order valence-electron chi connectivity index (χ2n) is 6.84. The summed E-state index contributed by atoms with van der Waals surface area (Å²) in [5.41, 5.74) is 1.58. The lowest BCUT2D eigenvalue weighted by Crippen LogP contribution is -2.08. The molecule has 0 atom stereocenters. The van der Waals surface area contributed by atoms with E-state index in [4.69, 9.17) is 9.47 Å². The number of benzene rings is 1. The van der Waals surface area contributed by atoms with Crippen molar-refractivity contribution in [3.05, 3.63) is 54.1 Å². The van der Waals surface area contributed by atoms with Crippen molar-refractivity contribution < 1.29 is 14.3 Å². The van der Waals surface area contributed by atoms with E-state index in [1.54, 1.807) is 7.11 Å². The highest BCUT2D eigenvalue weighted by Crippen LogP contribution is 2.25.